The van der Waals surface area contributed by atoms with Gasteiger partial charge in [-0.3, -0.25) is 9.79 Å². The molecule has 4 heterocycles. The summed E-state index contributed by atoms with van der Waals surface area (Å²) in [6.07, 6.45) is -7.72. The Hall–Kier alpha value is -1.46. The highest BCUT2D eigenvalue weighted by atomic mass is 16.7. The second-order valence-corrected chi connectivity index (χ2v) is 16.5. The summed E-state index contributed by atoms with van der Waals surface area (Å²) < 4.78 is 44.7. The van der Waals surface area contributed by atoms with Crippen LogP contribution in [0.3, 0.4) is 0 Å². The van der Waals surface area contributed by atoms with Crippen molar-refractivity contribution in [2.45, 2.75) is 185 Å². The van der Waals surface area contributed by atoms with Crippen LogP contribution in [0.1, 0.15) is 94.9 Å². The van der Waals surface area contributed by atoms with Gasteiger partial charge in [-0.15, -0.1) is 0 Å². The van der Waals surface area contributed by atoms with Crippen LogP contribution in [-0.4, -0.2) is 149 Å². The molecule has 0 aromatic heterocycles. The maximum atomic E-state index is 14.2. The predicted molar refractivity (Wildman–Crippen MR) is 188 cm³/mol. The molecule has 18 atom stereocenters. The number of hydrogen-bond acceptors (Lipinski definition) is 14. The summed E-state index contributed by atoms with van der Waals surface area (Å²) in [4.78, 5) is 20.9. The van der Waals surface area contributed by atoms with Crippen LogP contribution in [0.4, 0.5) is 0 Å². The number of likely N-dealkylation sites (N-methyl/N-ethyl adjacent to an activating group) is 1. The second kappa shape index (κ2) is 16.1. The number of nitrogens with zero attached hydrogens (tertiary/aromatic N) is 2. The molecule has 4 N–H and O–H groups in total. The number of aliphatic imine (C=N–C) groups is 1. The van der Waals surface area contributed by atoms with Crippen molar-refractivity contribution in [3.63, 3.8) is 0 Å². The largest absolute Gasteiger partial charge is 0.472 e. The number of fused-ring (bicyclic) bond motifs is 2. The molecular weight excluding hydrogens is 664 g/mol. The molecule has 0 aliphatic carbocycles. The minimum absolute atomic E-state index is 0.162. The lowest BCUT2D eigenvalue weighted by atomic mass is 9.78. The Balaban J connectivity index is 1.87. The zero-order valence-corrected chi connectivity index (χ0v) is 32.9. The van der Waals surface area contributed by atoms with Crippen LogP contribution in [0.5, 0.6) is 0 Å². The molecule has 3 saturated heterocycles. The van der Waals surface area contributed by atoms with Crippen molar-refractivity contribution in [3.05, 3.63) is 0 Å². The molecule has 0 amide bonds. The van der Waals surface area contributed by atoms with Gasteiger partial charge in [0.2, 0.25) is 0 Å². The minimum atomic E-state index is -1.87. The van der Waals surface area contributed by atoms with Gasteiger partial charge in [0, 0.05) is 31.9 Å². The maximum absolute atomic E-state index is 14.2. The first kappa shape index (κ1) is 42.3. The number of methoxy groups -OCH3 is 1. The highest BCUT2D eigenvalue weighted by Gasteiger charge is 2.55. The topological polar surface area (TPSA) is 178 Å². The summed E-state index contributed by atoms with van der Waals surface area (Å²) in [5.41, 5.74) is -4.01. The summed E-state index contributed by atoms with van der Waals surface area (Å²) in [6.45, 7) is 17.8. The van der Waals surface area contributed by atoms with Crippen LogP contribution in [0.25, 0.3) is 0 Å². The quantitative estimate of drug-likeness (QED) is 0.281. The van der Waals surface area contributed by atoms with Crippen molar-refractivity contribution < 1.29 is 58.4 Å². The van der Waals surface area contributed by atoms with Crippen LogP contribution in [-0.2, 0) is 38.0 Å². The van der Waals surface area contributed by atoms with Crippen molar-refractivity contribution in [3.8, 4) is 0 Å². The number of hydrogen-bond donors (Lipinski definition) is 4. The molecular formula is C37H66N2O12. The third-order valence-electron chi connectivity index (χ3n) is 11.9. The number of rotatable bonds is 7. The standard InChI is InChI=1S/C37H66N2O12/c1-14-25-37(10,44)29(41)22(6)32-38-18(2)16-36(9,51-32)31(50-34-27(40)24(39(11)12)15-19(3)46-34)20(4)28(21(5)33(43)48-25)49-26-17-35(8,45-13)30(42)23(7)47-26/h18-31,34,40-42,44H,14-17H2,1-13H3/t18-,19-,20+,21-,22-,23+,24+,25-,26+,27-,28+,29-,30+,31-,34+,35-,36-,37+/m1/s1. The molecule has 4 rings (SSSR count). The average Bonchev–Trinajstić information content (AvgIpc) is 3.06. The van der Waals surface area contributed by atoms with Gasteiger partial charge in [-0.25, -0.2) is 0 Å². The van der Waals surface area contributed by atoms with E-state index in [4.69, 9.17) is 38.2 Å². The molecule has 296 valence electrons. The molecule has 14 heteroatoms. The fraction of sp³-hybridized carbons (Fsp3) is 0.946. The average molecular weight is 731 g/mol. The minimum Gasteiger partial charge on any atom is -0.472 e. The monoisotopic (exact) mass is 730 g/mol. The number of esters is 1. The molecule has 3 fully saturated rings. The smallest absolute Gasteiger partial charge is 0.311 e. The Kier molecular flexibility index (Phi) is 13.4. The van der Waals surface area contributed by atoms with Gasteiger partial charge in [0.1, 0.15) is 35.6 Å². The zero-order chi connectivity index (χ0) is 38.4. The van der Waals surface area contributed by atoms with E-state index >= 15 is 0 Å². The fourth-order valence-corrected chi connectivity index (χ4v) is 8.63. The third-order valence-corrected chi connectivity index (χ3v) is 11.9. The van der Waals surface area contributed by atoms with E-state index in [1.165, 1.54) is 14.0 Å². The van der Waals surface area contributed by atoms with Gasteiger partial charge >= 0.3 is 5.97 Å². The van der Waals surface area contributed by atoms with E-state index in [0.717, 1.165) is 0 Å². The molecule has 0 radical (unpaired) electrons. The van der Waals surface area contributed by atoms with Gasteiger partial charge in [0.25, 0.3) is 0 Å². The van der Waals surface area contributed by atoms with Gasteiger partial charge in [0.15, 0.2) is 18.5 Å². The lowest BCUT2D eigenvalue weighted by Gasteiger charge is -2.50. The van der Waals surface area contributed by atoms with Crippen molar-refractivity contribution in [2.24, 2.45) is 22.7 Å². The van der Waals surface area contributed by atoms with Crippen LogP contribution in [0.15, 0.2) is 4.99 Å². The molecule has 0 aromatic carbocycles. The van der Waals surface area contributed by atoms with Crippen molar-refractivity contribution in [2.75, 3.05) is 21.2 Å². The molecule has 4 aliphatic rings. The normalized spacial score (nSPS) is 50.3. The maximum Gasteiger partial charge on any atom is 0.311 e. The number of carbonyl (C=O) groups excluding carboxylic acids is 1. The van der Waals surface area contributed by atoms with E-state index in [9.17, 15) is 25.2 Å². The Labute approximate surface area is 304 Å². The molecule has 14 nitrogen and oxygen atoms in total. The van der Waals surface area contributed by atoms with Crippen LogP contribution < -0.4 is 0 Å². The molecule has 0 spiro atoms. The van der Waals surface area contributed by atoms with E-state index in [1.54, 1.807) is 34.6 Å². The predicted octanol–water partition coefficient (Wildman–Crippen LogP) is 2.41. The van der Waals surface area contributed by atoms with Crippen molar-refractivity contribution >= 4 is 11.9 Å². The van der Waals surface area contributed by atoms with E-state index in [-0.39, 0.29) is 36.9 Å². The lowest BCUT2D eigenvalue weighted by Crippen LogP contribution is -2.62. The van der Waals surface area contributed by atoms with E-state index in [0.29, 0.717) is 12.8 Å². The number of ether oxygens (including phenoxy) is 7. The fourth-order valence-electron chi connectivity index (χ4n) is 8.63. The molecule has 0 aromatic rings. The lowest BCUT2D eigenvalue weighted by molar-refractivity contribution is -0.317. The van der Waals surface area contributed by atoms with Crippen molar-refractivity contribution in [1.29, 1.82) is 0 Å². The van der Waals surface area contributed by atoms with Gasteiger partial charge in [-0.2, -0.15) is 0 Å². The highest BCUT2D eigenvalue weighted by molar-refractivity contribution is 5.80. The number of cyclic esters (lactones) is 1. The Morgan fingerprint density at radius 2 is 1.59 bits per heavy atom. The second-order valence-electron chi connectivity index (χ2n) is 16.5. The summed E-state index contributed by atoms with van der Waals surface area (Å²) in [5, 5.41) is 45.9. The summed E-state index contributed by atoms with van der Waals surface area (Å²) in [7, 11) is 5.33. The molecule has 0 saturated carbocycles. The molecule has 51 heavy (non-hydrogen) atoms. The first-order valence-corrected chi connectivity index (χ1v) is 18.7. The summed E-state index contributed by atoms with van der Waals surface area (Å²) in [5.74, 6) is -2.80. The SMILES string of the molecule is CC[C@H]1OC(=O)[C@H](C)[C@@H](O[C@H]2C[C@@](C)(OC)[C@@H](O)[C@H](C)O2)[C@H](C)[C@@H](O[C@@H]2O[C@H](C)C[C@H](N(C)C)[C@H]2O)[C@@]2(C)C[C@@H](C)N=C(O2)[C@H](C)[C@@H](O)[C@@]1(C)O. The Bertz CT molecular complexity index is 1220. The highest BCUT2D eigenvalue weighted by Crippen LogP contribution is 2.43. The van der Waals surface area contributed by atoms with Gasteiger partial charge < -0.3 is 58.5 Å². The van der Waals surface area contributed by atoms with Crippen LogP contribution in [0.2, 0.25) is 0 Å². The van der Waals surface area contributed by atoms with E-state index < -0.39 is 95.8 Å². The molecule has 2 bridgehead atoms. The van der Waals surface area contributed by atoms with Gasteiger partial charge in [0.05, 0.1) is 47.9 Å². The zero-order valence-electron chi connectivity index (χ0n) is 32.9. The molecule has 4 aliphatic heterocycles. The molecule has 0 unspecified atom stereocenters. The number of carbonyl (C=O) groups is 1. The summed E-state index contributed by atoms with van der Waals surface area (Å²) >= 11 is 0. The van der Waals surface area contributed by atoms with Gasteiger partial charge in [-0.05, 0) is 75.4 Å². The first-order chi connectivity index (χ1) is 23.6. The van der Waals surface area contributed by atoms with Gasteiger partial charge in [-0.1, -0.05) is 20.8 Å². The first-order valence-electron chi connectivity index (χ1n) is 18.7. The Morgan fingerprint density at radius 1 is 0.941 bits per heavy atom. The Morgan fingerprint density at radius 3 is 2.18 bits per heavy atom. The van der Waals surface area contributed by atoms with Crippen LogP contribution >= 0.6 is 0 Å². The van der Waals surface area contributed by atoms with E-state index in [1.807, 2.05) is 46.7 Å². The summed E-state index contributed by atoms with van der Waals surface area (Å²) in [6, 6.07) is -0.532. The number of aliphatic hydroxyl groups excluding tert-OH is 3. The third kappa shape index (κ3) is 8.60. The van der Waals surface area contributed by atoms with E-state index in [2.05, 4.69) is 0 Å². The van der Waals surface area contributed by atoms with Crippen molar-refractivity contribution in [1.82, 2.24) is 4.90 Å². The number of aliphatic hydroxyl groups is 4. The van der Waals surface area contributed by atoms with Crippen LogP contribution in [0, 0.1) is 17.8 Å².